The van der Waals surface area contributed by atoms with Crippen LogP contribution in [0.5, 0.6) is 0 Å². The third-order valence-electron chi connectivity index (χ3n) is 3.91. The molecule has 0 aliphatic rings. The Balaban J connectivity index is 1.77. The smallest absolute Gasteiger partial charge is 0.351 e. The Morgan fingerprint density at radius 2 is 1.90 bits per heavy atom. The number of benzene rings is 1. The first kappa shape index (κ1) is 20.8. The van der Waals surface area contributed by atoms with Gasteiger partial charge in [-0.3, -0.25) is 9.78 Å². The number of pyridine rings is 1. The number of hydrogen-bond donors (Lipinski definition) is 1. The van der Waals surface area contributed by atoms with E-state index >= 15 is 0 Å². The molecule has 29 heavy (non-hydrogen) atoms. The van der Waals surface area contributed by atoms with E-state index in [-0.39, 0.29) is 23.3 Å². The standard InChI is InChI=1S/C20H17F3N4OS/c1-13(18(28)25-12-14-6-5-9-24-11-14)29-19-26-16(15-7-3-2-4-8-15)10-17(27-19)20(21,22)23/h2-11,13H,12H2,1H3,(H,25,28)/t13-/m1/s1. The minimum Gasteiger partial charge on any atom is -0.351 e. The monoisotopic (exact) mass is 418 g/mol. The van der Waals surface area contributed by atoms with Crippen molar-refractivity contribution in [2.75, 3.05) is 0 Å². The molecule has 2 heterocycles. The molecule has 0 unspecified atom stereocenters. The Labute approximate surface area is 169 Å². The highest BCUT2D eigenvalue weighted by atomic mass is 32.2. The maximum atomic E-state index is 13.3. The topological polar surface area (TPSA) is 67.8 Å². The van der Waals surface area contributed by atoms with E-state index in [1.807, 2.05) is 6.07 Å². The summed E-state index contributed by atoms with van der Waals surface area (Å²) in [6.45, 7) is 1.87. The number of halogens is 3. The van der Waals surface area contributed by atoms with E-state index in [1.54, 1.807) is 55.7 Å². The summed E-state index contributed by atoms with van der Waals surface area (Å²) in [5.41, 5.74) is 0.464. The lowest BCUT2D eigenvalue weighted by atomic mass is 10.1. The Morgan fingerprint density at radius 3 is 2.55 bits per heavy atom. The predicted molar refractivity (Wildman–Crippen MR) is 104 cm³/mol. The molecule has 1 N–H and O–H groups in total. The van der Waals surface area contributed by atoms with Gasteiger partial charge in [-0.05, 0) is 24.6 Å². The lowest BCUT2D eigenvalue weighted by molar-refractivity contribution is -0.141. The highest BCUT2D eigenvalue weighted by Crippen LogP contribution is 2.32. The predicted octanol–water partition coefficient (Wildman–Crippen LogP) is 4.35. The number of rotatable bonds is 6. The summed E-state index contributed by atoms with van der Waals surface area (Å²) in [7, 11) is 0. The third-order valence-corrected chi connectivity index (χ3v) is 4.87. The molecule has 0 radical (unpaired) electrons. The minimum absolute atomic E-state index is 0.109. The van der Waals surface area contributed by atoms with Crippen molar-refractivity contribution < 1.29 is 18.0 Å². The number of hydrogen-bond acceptors (Lipinski definition) is 5. The molecule has 3 aromatic rings. The lowest BCUT2D eigenvalue weighted by Crippen LogP contribution is -2.30. The van der Waals surface area contributed by atoms with E-state index in [1.165, 1.54) is 0 Å². The fourth-order valence-corrected chi connectivity index (χ4v) is 3.24. The zero-order chi connectivity index (χ0) is 20.9. The van der Waals surface area contributed by atoms with Gasteiger partial charge in [-0.1, -0.05) is 48.2 Å². The molecule has 1 aromatic carbocycles. The van der Waals surface area contributed by atoms with Gasteiger partial charge in [0.1, 0.15) is 5.69 Å². The van der Waals surface area contributed by atoms with Crippen molar-refractivity contribution in [2.45, 2.75) is 30.1 Å². The molecule has 0 spiro atoms. The van der Waals surface area contributed by atoms with Crippen LogP contribution in [0.15, 0.2) is 66.1 Å². The van der Waals surface area contributed by atoms with Crippen LogP contribution in [0.3, 0.4) is 0 Å². The lowest BCUT2D eigenvalue weighted by Gasteiger charge is -2.14. The molecule has 9 heteroatoms. The first-order chi connectivity index (χ1) is 13.8. The van der Waals surface area contributed by atoms with E-state index in [0.717, 1.165) is 23.4 Å². The van der Waals surface area contributed by atoms with Crippen molar-refractivity contribution in [3.05, 3.63) is 72.2 Å². The quantitative estimate of drug-likeness (QED) is 0.476. The van der Waals surface area contributed by atoms with Crippen LogP contribution in [0.4, 0.5) is 13.2 Å². The van der Waals surface area contributed by atoms with Crippen LogP contribution in [0.25, 0.3) is 11.3 Å². The van der Waals surface area contributed by atoms with Gasteiger partial charge in [0.2, 0.25) is 5.91 Å². The van der Waals surface area contributed by atoms with Crippen molar-refractivity contribution in [3.8, 4) is 11.3 Å². The van der Waals surface area contributed by atoms with E-state index in [9.17, 15) is 18.0 Å². The van der Waals surface area contributed by atoms with Crippen molar-refractivity contribution in [3.63, 3.8) is 0 Å². The molecule has 0 fully saturated rings. The van der Waals surface area contributed by atoms with Gasteiger partial charge >= 0.3 is 6.18 Å². The summed E-state index contributed by atoms with van der Waals surface area (Å²) in [4.78, 5) is 24.1. The van der Waals surface area contributed by atoms with Crippen LogP contribution in [0, 0.1) is 0 Å². The maximum Gasteiger partial charge on any atom is 0.433 e. The molecule has 150 valence electrons. The minimum atomic E-state index is -4.62. The van der Waals surface area contributed by atoms with Gasteiger partial charge in [-0.15, -0.1) is 0 Å². The van der Waals surface area contributed by atoms with Gasteiger partial charge in [0.05, 0.1) is 10.9 Å². The maximum absolute atomic E-state index is 13.3. The Morgan fingerprint density at radius 1 is 1.14 bits per heavy atom. The molecular weight excluding hydrogens is 401 g/mol. The van der Waals surface area contributed by atoms with Gasteiger partial charge in [0.25, 0.3) is 0 Å². The molecule has 2 aromatic heterocycles. The van der Waals surface area contributed by atoms with Gasteiger partial charge in [-0.2, -0.15) is 13.2 Å². The summed E-state index contributed by atoms with van der Waals surface area (Å²) in [5.74, 6) is -0.332. The fourth-order valence-electron chi connectivity index (χ4n) is 2.43. The van der Waals surface area contributed by atoms with Crippen LogP contribution < -0.4 is 5.32 Å². The Kier molecular flexibility index (Phi) is 6.48. The van der Waals surface area contributed by atoms with Crippen molar-refractivity contribution in [1.82, 2.24) is 20.3 Å². The van der Waals surface area contributed by atoms with Crippen LogP contribution in [-0.2, 0) is 17.5 Å². The Hall–Kier alpha value is -2.94. The number of alkyl halides is 3. The normalized spacial score (nSPS) is 12.4. The summed E-state index contributed by atoms with van der Waals surface area (Å²) >= 11 is 0.876. The Bertz CT molecular complexity index is 968. The number of carbonyl (C=O) groups excluding carboxylic acids is 1. The average Bonchev–Trinajstić information content (AvgIpc) is 2.72. The molecule has 0 saturated heterocycles. The van der Waals surface area contributed by atoms with Gasteiger partial charge in [0.15, 0.2) is 5.16 Å². The van der Waals surface area contributed by atoms with Gasteiger partial charge in [0, 0.05) is 24.5 Å². The fraction of sp³-hybridized carbons (Fsp3) is 0.200. The summed E-state index contributed by atoms with van der Waals surface area (Å²) < 4.78 is 39.9. The molecule has 0 bridgehead atoms. The SMILES string of the molecule is C[C@@H](Sc1nc(-c2ccccc2)cc(C(F)(F)F)n1)C(=O)NCc1cccnc1. The molecule has 1 amide bonds. The highest BCUT2D eigenvalue weighted by Gasteiger charge is 2.34. The number of aromatic nitrogens is 3. The molecule has 0 aliphatic heterocycles. The van der Waals surface area contributed by atoms with E-state index < -0.39 is 17.1 Å². The molecule has 1 atom stereocenters. The largest absolute Gasteiger partial charge is 0.433 e. The first-order valence-corrected chi connectivity index (χ1v) is 9.56. The first-order valence-electron chi connectivity index (χ1n) is 8.68. The van der Waals surface area contributed by atoms with Crippen LogP contribution in [-0.4, -0.2) is 26.1 Å². The van der Waals surface area contributed by atoms with Crippen LogP contribution >= 0.6 is 11.8 Å². The van der Waals surface area contributed by atoms with E-state index in [0.29, 0.717) is 5.56 Å². The third kappa shape index (κ3) is 5.77. The number of amides is 1. The van der Waals surface area contributed by atoms with Crippen molar-refractivity contribution >= 4 is 17.7 Å². The highest BCUT2D eigenvalue weighted by molar-refractivity contribution is 8.00. The second-order valence-corrected chi connectivity index (χ2v) is 7.43. The average molecular weight is 418 g/mol. The van der Waals surface area contributed by atoms with E-state index in [4.69, 9.17) is 0 Å². The second-order valence-electron chi connectivity index (χ2n) is 6.12. The molecular formula is C20H17F3N4OS. The van der Waals surface area contributed by atoms with E-state index in [2.05, 4.69) is 20.3 Å². The molecule has 0 saturated carbocycles. The number of nitrogens with one attached hydrogen (secondary N) is 1. The van der Waals surface area contributed by atoms with Gasteiger partial charge < -0.3 is 5.32 Å². The zero-order valence-corrected chi connectivity index (χ0v) is 16.2. The van der Waals surface area contributed by atoms with Crippen molar-refractivity contribution in [1.29, 1.82) is 0 Å². The van der Waals surface area contributed by atoms with Gasteiger partial charge in [-0.25, -0.2) is 9.97 Å². The van der Waals surface area contributed by atoms with Crippen LogP contribution in [0.1, 0.15) is 18.2 Å². The number of nitrogens with zero attached hydrogens (tertiary/aromatic N) is 3. The summed E-state index contributed by atoms with van der Waals surface area (Å²) in [5, 5.41) is 1.94. The molecule has 5 nitrogen and oxygen atoms in total. The van der Waals surface area contributed by atoms with Crippen LogP contribution in [0.2, 0.25) is 0 Å². The summed E-state index contributed by atoms with van der Waals surface area (Å²) in [6.07, 6.45) is -1.37. The zero-order valence-electron chi connectivity index (χ0n) is 15.3. The molecule has 3 rings (SSSR count). The number of thioether (sulfide) groups is 1. The second kappa shape index (κ2) is 9.04. The van der Waals surface area contributed by atoms with Crippen molar-refractivity contribution in [2.24, 2.45) is 0 Å². The number of carbonyl (C=O) groups is 1. The summed E-state index contributed by atoms with van der Waals surface area (Å²) in [6, 6.07) is 13.0. The molecule has 0 aliphatic carbocycles.